The van der Waals surface area contributed by atoms with Gasteiger partial charge in [-0.1, -0.05) is 42.5 Å². The number of H-pyrrole nitrogens is 1. The summed E-state index contributed by atoms with van der Waals surface area (Å²) in [5, 5.41) is 18.1. The highest BCUT2D eigenvalue weighted by molar-refractivity contribution is 5.86. The number of nitrogens with one attached hydrogen (secondary N) is 1. The molecule has 0 spiro atoms. The van der Waals surface area contributed by atoms with Gasteiger partial charge in [-0.3, -0.25) is 9.89 Å². The third-order valence-electron chi connectivity index (χ3n) is 5.10. The summed E-state index contributed by atoms with van der Waals surface area (Å²) < 4.78 is 14.2. The highest BCUT2D eigenvalue weighted by Crippen LogP contribution is 2.32. The molecule has 138 valence electrons. The summed E-state index contributed by atoms with van der Waals surface area (Å²) in [6.45, 7) is 2.25. The third-order valence-corrected chi connectivity index (χ3v) is 5.10. The van der Waals surface area contributed by atoms with Crippen LogP contribution in [0.15, 0.2) is 54.6 Å². The van der Waals surface area contributed by atoms with Crippen LogP contribution < -0.4 is 0 Å². The second kappa shape index (κ2) is 6.63. The zero-order valence-electron chi connectivity index (χ0n) is 14.9. The number of carbonyl (C=O) groups is 1. The Morgan fingerprint density at radius 2 is 1.89 bits per heavy atom. The van der Waals surface area contributed by atoms with Gasteiger partial charge in [0.1, 0.15) is 11.5 Å². The van der Waals surface area contributed by atoms with Gasteiger partial charge < -0.3 is 10.0 Å². The summed E-state index contributed by atoms with van der Waals surface area (Å²) in [5.41, 5.74) is 1.53. The summed E-state index contributed by atoms with van der Waals surface area (Å²) in [6, 6.07) is 15.3. The maximum absolute atomic E-state index is 14.2. The molecule has 4 rings (SSSR count). The van der Waals surface area contributed by atoms with Crippen molar-refractivity contribution in [3.63, 3.8) is 0 Å². The Balaban J connectivity index is 1.65. The van der Waals surface area contributed by atoms with Crippen LogP contribution in [0.25, 0.3) is 11.3 Å². The fourth-order valence-corrected chi connectivity index (χ4v) is 3.54. The topological polar surface area (TPSA) is 69.2 Å². The second-order valence-electron chi connectivity index (χ2n) is 6.92. The van der Waals surface area contributed by atoms with Gasteiger partial charge in [-0.2, -0.15) is 5.10 Å². The minimum Gasteiger partial charge on any atom is -0.376 e. The zero-order valence-corrected chi connectivity index (χ0v) is 14.9. The molecule has 2 N–H and O–H groups in total. The lowest BCUT2D eigenvalue weighted by molar-refractivity contribution is -0.151. The van der Waals surface area contributed by atoms with Gasteiger partial charge in [-0.25, -0.2) is 4.39 Å². The lowest BCUT2D eigenvalue weighted by atomic mass is 9.92. The first-order valence-corrected chi connectivity index (χ1v) is 8.87. The molecule has 0 unspecified atom stereocenters. The fourth-order valence-electron chi connectivity index (χ4n) is 3.54. The SMILES string of the molecule is C[C@](O)(C(=O)N1CCc2[nH]nc(-c3ccccc3F)c2C1)c1ccccc1. The van der Waals surface area contributed by atoms with Crippen LogP contribution >= 0.6 is 0 Å². The van der Waals surface area contributed by atoms with Gasteiger partial charge in [-0.05, 0) is 24.6 Å². The molecule has 0 bridgehead atoms. The quantitative estimate of drug-likeness (QED) is 0.750. The van der Waals surface area contributed by atoms with Gasteiger partial charge in [0.2, 0.25) is 0 Å². The summed E-state index contributed by atoms with van der Waals surface area (Å²) in [5.74, 6) is -0.730. The molecule has 1 aliphatic rings. The van der Waals surface area contributed by atoms with Crippen molar-refractivity contribution in [3.05, 3.63) is 77.2 Å². The number of nitrogens with zero attached hydrogens (tertiary/aromatic N) is 2. The van der Waals surface area contributed by atoms with Crippen LogP contribution in [0, 0.1) is 5.82 Å². The predicted molar refractivity (Wildman–Crippen MR) is 99.1 cm³/mol. The van der Waals surface area contributed by atoms with Crippen molar-refractivity contribution in [2.75, 3.05) is 6.54 Å². The van der Waals surface area contributed by atoms with E-state index in [1.54, 1.807) is 47.4 Å². The van der Waals surface area contributed by atoms with Crippen LogP contribution in [0.2, 0.25) is 0 Å². The van der Waals surface area contributed by atoms with E-state index in [4.69, 9.17) is 0 Å². The number of halogens is 1. The lowest BCUT2D eigenvalue weighted by Gasteiger charge is -2.33. The predicted octanol–water partition coefficient (Wildman–Crippen LogP) is 3.01. The van der Waals surface area contributed by atoms with Crippen molar-refractivity contribution in [2.24, 2.45) is 0 Å². The van der Waals surface area contributed by atoms with Crippen molar-refractivity contribution in [3.8, 4) is 11.3 Å². The Labute approximate surface area is 156 Å². The van der Waals surface area contributed by atoms with Crippen LogP contribution in [-0.4, -0.2) is 32.7 Å². The summed E-state index contributed by atoms with van der Waals surface area (Å²) >= 11 is 0. The van der Waals surface area contributed by atoms with Gasteiger partial charge in [0.15, 0.2) is 5.60 Å². The molecule has 27 heavy (non-hydrogen) atoms. The Morgan fingerprint density at radius 1 is 1.19 bits per heavy atom. The minimum atomic E-state index is -1.62. The van der Waals surface area contributed by atoms with E-state index in [-0.39, 0.29) is 18.3 Å². The molecular formula is C21H20FN3O2. The average Bonchev–Trinajstić information content (AvgIpc) is 3.11. The fraction of sp³-hybridized carbons (Fsp3) is 0.238. The van der Waals surface area contributed by atoms with E-state index in [9.17, 15) is 14.3 Å². The van der Waals surface area contributed by atoms with Crippen LogP contribution in [0.1, 0.15) is 23.7 Å². The molecule has 2 aromatic carbocycles. The molecular weight excluding hydrogens is 345 g/mol. The van der Waals surface area contributed by atoms with Crippen molar-refractivity contribution < 1.29 is 14.3 Å². The number of aliphatic hydroxyl groups is 1. The molecule has 0 saturated carbocycles. The molecule has 1 atom stereocenters. The number of hydrogen-bond acceptors (Lipinski definition) is 3. The van der Waals surface area contributed by atoms with Crippen molar-refractivity contribution in [1.29, 1.82) is 0 Å². The van der Waals surface area contributed by atoms with Gasteiger partial charge in [-0.15, -0.1) is 0 Å². The second-order valence-corrected chi connectivity index (χ2v) is 6.92. The molecule has 1 amide bonds. The molecule has 1 aromatic heterocycles. The standard InChI is InChI=1S/C21H20FN3O2/c1-21(27,14-7-3-2-4-8-14)20(26)25-12-11-18-16(13-25)19(24-23-18)15-9-5-6-10-17(15)22/h2-10,27H,11-13H2,1H3,(H,23,24)/t21-/m1/s1. The molecule has 6 heteroatoms. The smallest absolute Gasteiger partial charge is 0.259 e. The Bertz CT molecular complexity index is 982. The summed E-state index contributed by atoms with van der Waals surface area (Å²) in [6.07, 6.45) is 0.577. The number of benzene rings is 2. The molecule has 2 heterocycles. The maximum Gasteiger partial charge on any atom is 0.259 e. The van der Waals surface area contributed by atoms with Crippen LogP contribution in [0.3, 0.4) is 0 Å². The largest absolute Gasteiger partial charge is 0.376 e. The van der Waals surface area contributed by atoms with E-state index in [1.165, 1.54) is 13.0 Å². The Kier molecular flexibility index (Phi) is 4.28. The Morgan fingerprint density at radius 3 is 2.63 bits per heavy atom. The van der Waals surface area contributed by atoms with Crippen LogP contribution in [-0.2, 0) is 23.4 Å². The van der Waals surface area contributed by atoms with E-state index in [2.05, 4.69) is 10.2 Å². The lowest BCUT2D eigenvalue weighted by Crippen LogP contribution is -2.47. The summed E-state index contributed by atoms with van der Waals surface area (Å²) in [4.78, 5) is 14.6. The number of carbonyl (C=O) groups excluding carboxylic acids is 1. The molecule has 1 aliphatic heterocycles. The average molecular weight is 365 g/mol. The van der Waals surface area contributed by atoms with E-state index >= 15 is 0 Å². The Hall–Kier alpha value is -2.99. The van der Waals surface area contributed by atoms with Gasteiger partial charge in [0.05, 0.1) is 0 Å². The molecule has 0 fully saturated rings. The van der Waals surface area contributed by atoms with Crippen molar-refractivity contribution in [1.82, 2.24) is 15.1 Å². The first-order chi connectivity index (χ1) is 13.0. The molecule has 0 saturated heterocycles. The highest BCUT2D eigenvalue weighted by Gasteiger charge is 2.38. The number of aromatic nitrogens is 2. The first-order valence-electron chi connectivity index (χ1n) is 8.87. The van der Waals surface area contributed by atoms with Crippen molar-refractivity contribution >= 4 is 5.91 Å². The number of amides is 1. The number of fused-ring (bicyclic) bond motifs is 1. The molecule has 0 radical (unpaired) electrons. The van der Waals surface area contributed by atoms with E-state index < -0.39 is 5.60 Å². The zero-order chi connectivity index (χ0) is 19.0. The van der Waals surface area contributed by atoms with E-state index in [0.717, 1.165) is 11.3 Å². The molecule has 0 aliphatic carbocycles. The molecule has 3 aromatic rings. The van der Waals surface area contributed by atoms with E-state index in [1.807, 2.05) is 6.07 Å². The van der Waals surface area contributed by atoms with Crippen LogP contribution in [0.4, 0.5) is 4.39 Å². The monoisotopic (exact) mass is 365 g/mol. The van der Waals surface area contributed by atoms with Crippen LogP contribution in [0.5, 0.6) is 0 Å². The minimum absolute atomic E-state index is 0.275. The third kappa shape index (κ3) is 3.02. The highest BCUT2D eigenvalue weighted by atomic mass is 19.1. The number of hydrogen-bond donors (Lipinski definition) is 2. The molecule has 5 nitrogen and oxygen atoms in total. The summed E-state index contributed by atoms with van der Waals surface area (Å²) in [7, 11) is 0. The number of rotatable bonds is 3. The van der Waals surface area contributed by atoms with Crippen molar-refractivity contribution in [2.45, 2.75) is 25.5 Å². The van der Waals surface area contributed by atoms with E-state index in [0.29, 0.717) is 29.8 Å². The van der Waals surface area contributed by atoms with Gasteiger partial charge >= 0.3 is 0 Å². The maximum atomic E-state index is 14.2. The number of aromatic amines is 1. The first kappa shape index (κ1) is 17.4. The van der Waals surface area contributed by atoms with Gasteiger partial charge in [0, 0.05) is 36.3 Å². The van der Waals surface area contributed by atoms with Gasteiger partial charge in [0.25, 0.3) is 5.91 Å². The normalized spacial score (nSPS) is 15.9.